The van der Waals surface area contributed by atoms with E-state index in [0.29, 0.717) is 23.7 Å². The molecule has 0 saturated carbocycles. The Morgan fingerprint density at radius 1 is 1.18 bits per heavy atom. The average molecular weight is 423 g/mol. The maximum Gasteiger partial charge on any atom is 0.243 e. The molecule has 1 atom stereocenters. The largest absolute Gasteiger partial charge is 0.354 e. The fourth-order valence-electron chi connectivity index (χ4n) is 3.16. The molecular weight excluding hydrogens is 396 g/mol. The smallest absolute Gasteiger partial charge is 0.243 e. The van der Waals surface area contributed by atoms with Crippen LogP contribution in [0.1, 0.15) is 30.9 Å². The number of hydrogen-bond acceptors (Lipinski definition) is 3. The van der Waals surface area contributed by atoms with Gasteiger partial charge >= 0.3 is 0 Å². The van der Waals surface area contributed by atoms with Crippen LogP contribution in [0.15, 0.2) is 48.5 Å². The molecule has 0 saturated heterocycles. The number of carbonyl (C=O) groups is 1. The highest BCUT2D eigenvalue weighted by atomic mass is 35.5. The van der Waals surface area contributed by atoms with Gasteiger partial charge in [-0.15, -0.1) is 0 Å². The molecule has 0 spiro atoms. The minimum Gasteiger partial charge on any atom is -0.354 e. The van der Waals surface area contributed by atoms with E-state index < -0.39 is 16.1 Å². The lowest BCUT2D eigenvalue weighted by atomic mass is 10.1. The standard InChI is InChI=1S/C21H27ClN2O3S/c1-4-20(24(28(3,26)27)19-12-6-11-18(22)15-19)21(25)23-13-7-10-17-9-5-8-16(2)14-17/h5-6,8-9,11-12,14-15,20H,4,7,10,13H2,1-3H3,(H,23,25). The summed E-state index contributed by atoms with van der Waals surface area (Å²) in [5.74, 6) is -0.308. The lowest BCUT2D eigenvalue weighted by molar-refractivity contribution is -0.122. The molecule has 0 aliphatic carbocycles. The van der Waals surface area contributed by atoms with Gasteiger partial charge in [-0.1, -0.05) is 54.4 Å². The van der Waals surface area contributed by atoms with E-state index in [1.807, 2.05) is 19.1 Å². The summed E-state index contributed by atoms with van der Waals surface area (Å²) in [7, 11) is -3.66. The Hall–Kier alpha value is -2.05. The molecular formula is C21H27ClN2O3S. The second-order valence-electron chi connectivity index (χ2n) is 6.85. The Labute approximate surface area is 172 Å². The summed E-state index contributed by atoms with van der Waals surface area (Å²) in [6.45, 7) is 4.32. The second-order valence-corrected chi connectivity index (χ2v) is 9.14. The van der Waals surface area contributed by atoms with Gasteiger partial charge in [0, 0.05) is 11.6 Å². The van der Waals surface area contributed by atoms with Gasteiger partial charge in [0.15, 0.2) is 0 Å². The molecule has 0 heterocycles. The zero-order chi connectivity index (χ0) is 20.7. The highest BCUT2D eigenvalue weighted by molar-refractivity contribution is 7.92. The van der Waals surface area contributed by atoms with Crippen LogP contribution in [0.2, 0.25) is 5.02 Å². The van der Waals surface area contributed by atoms with E-state index in [0.717, 1.165) is 23.4 Å². The monoisotopic (exact) mass is 422 g/mol. The Bertz CT molecular complexity index is 915. The van der Waals surface area contributed by atoms with Gasteiger partial charge in [0.25, 0.3) is 0 Å². The lowest BCUT2D eigenvalue weighted by Crippen LogP contribution is -2.49. The maximum absolute atomic E-state index is 12.7. The van der Waals surface area contributed by atoms with E-state index in [9.17, 15) is 13.2 Å². The van der Waals surface area contributed by atoms with Crippen LogP contribution in [-0.2, 0) is 21.2 Å². The first kappa shape index (κ1) is 22.2. The van der Waals surface area contributed by atoms with Crippen molar-refractivity contribution in [2.45, 2.75) is 39.2 Å². The molecule has 0 aromatic heterocycles. The number of nitrogens with one attached hydrogen (secondary N) is 1. The summed E-state index contributed by atoms with van der Waals surface area (Å²) >= 11 is 6.02. The fourth-order valence-corrected chi connectivity index (χ4v) is 4.55. The third-order valence-electron chi connectivity index (χ3n) is 4.42. The Morgan fingerprint density at radius 3 is 2.50 bits per heavy atom. The van der Waals surface area contributed by atoms with Crippen LogP contribution in [0.25, 0.3) is 0 Å². The minimum absolute atomic E-state index is 0.308. The average Bonchev–Trinajstić information content (AvgIpc) is 2.62. The number of carbonyl (C=O) groups excluding carboxylic acids is 1. The quantitative estimate of drug-likeness (QED) is 0.622. The molecule has 2 aromatic carbocycles. The fraction of sp³-hybridized carbons (Fsp3) is 0.381. The van der Waals surface area contributed by atoms with Crippen molar-refractivity contribution in [2.24, 2.45) is 0 Å². The number of anilines is 1. The predicted octanol–water partition coefficient (Wildman–Crippen LogP) is 3.94. The SMILES string of the molecule is CCC(C(=O)NCCCc1cccc(C)c1)N(c1cccc(Cl)c1)S(C)(=O)=O. The number of benzene rings is 2. The molecule has 0 fully saturated rings. The molecule has 1 amide bonds. The molecule has 0 aliphatic heterocycles. The van der Waals surface area contributed by atoms with Crippen molar-refractivity contribution in [1.29, 1.82) is 0 Å². The minimum atomic E-state index is -3.66. The molecule has 1 N–H and O–H groups in total. The number of hydrogen-bond donors (Lipinski definition) is 1. The number of nitrogens with zero attached hydrogens (tertiary/aromatic N) is 1. The van der Waals surface area contributed by atoms with Gasteiger partial charge in [0.2, 0.25) is 15.9 Å². The topological polar surface area (TPSA) is 66.5 Å². The molecule has 0 aliphatic rings. The molecule has 28 heavy (non-hydrogen) atoms. The van der Waals surface area contributed by atoms with Gasteiger partial charge in [-0.3, -0.25) is 9.10 Å². The number of halogens is 1. The molecule has 2 rings (SSSR count). The molecule has 7 heteroatoms. The highest BCUT2D eigenvalue weighted by Gasteiger charge is 2.31. The van der Waals surface area contributed by atoms with Crippen molar-refractivity contribution in [3.05, 3.63) is 64.7 Å². The van der Waals surface area contributed by atoms with Gasteiger partial charge < -0.3 is 5.32 Å². The third kappa shape index (κ3) is 6.24. The van der Waals surface area contributed by atoms with Crippen LogP contribution in [0.5, 0.6) is 0 Å². The van der Waals surface area contributed by atoms with Crippen LogP contribution < -0.4 is 9.62 Å². The van der Waals surface area contributed by atoms with Crippen LogP contribution in [-0.4, -0.2) is 33.2 Å². The van der Waals surface area contributed by atoms with Gasteiger partial charge in [-0.25, -0.2) is 8.42 Å². The maximum atomic E-state index is 12.7. The van der Waals surface area contributed by atoms with Crippen LogP contribution in [0.3, 0.4) is 0 Å². The van der Waals surface area contributed by atoms with Crippen LogP contribution in [0, 0.1) is 6.92 Å². The zero-order valence-corrected chi connectivity index (χ0v) is 18.1. The van der Waals surface area contributed by atoms with Crippen molar-refractivity contribution < 1.29 is 13.2 Å². The van der Waals surface area contributed by atoms with E-state index in [4.69, 9.17) is 11.6 Å². The Morgan fingerprint density at radius 2 is 1.89 bits per heavy atom. The van der Waals surface area contributed by atoms with Crippen molar-refractivity contribution >= 4 is 33.2 Å². The Kier molecular flexibility index (Phi) is 7.89. The van der Waals surface area contributed by atoms with E-state index in [-0.39, 0.29) is 5.91 Å². The van der Waals surface area contributed by atoms with Crippen molar-refractivity contribution in [1.82, 2.24) is 5.32 Å². The number of amides is 1. The van der Waals surface area contributed by atoms with Gasteiger partial charge in [0.1, 0.15) is 6.04 Å². The first-order valence-electron chi connectivity index (χ1n) is 9.30. The molecule has 5 nitrogen and oxygen atoms in total. The van der Waals surface area contributed by atoms with E-state index in [1.54, 1.807) is 31.2 Å². The normalized spacial score (nSPS) is 12.4. The first-order valence-corrected chi connectivity index (χ1v) is 11.5. The number of aryl methyl sites for hydroxylation is 2. The van der Waals surface area contributed by atoms with Crippen molar-refractivity contribution in [2.75, 3.05) is 17.1 Å². The van der Waals surface area contributed by atoms with Crippen molar-refractivity contribution in [3.8, 4) is 0 Å². The summed E-state index contributed by atoms with van der Waals surface area (Å²) in [4.78, 5) is 12.7. The highest BCUT2D eigenvalue weighted by Crippen LogP contribution is 2.25. The summed E-state index contributed by atoms with van der Waals surface area (Å²) in [6.07, 6.45) is 3.08. The Balaban J connectivity index is 2.05. The van der Waals surface area contributed by atoms with E-state index in [2.05, 4.69) is 17.4 Å². The van der Waals surface area contributed by atoms with E-state index in [1.165, 1.54) is 11.1 Å². The summed E-state index contributed by atoms with van der Waals surface area (Å²) < 4.78 is 25.9. The summed E-state index contributed by atoms with van der Waals surface area (Å²) in [5.41, 5.74) is 2.81. The van der Waals surface area contributed by atoms with Gasteiger partial charge in [-0.05, 0) is 49.9 Å². The summed E-state index contributed by atoms with van der Waals surface area (Å²) in [6, 6.07) is 14.0. The third-order valence-corrected chi connectivity index (χ3v) is 5.83. The summed E-state index contributed by atoms with van der Waals surface area (Å²) in [5, 5.41) is 3.29. The van der Waals surface area contributed by atoms with Gasteiger partial charge in [-0.2, -0.15) is 0 Å². The first-order chi connectivity index (χ1) is 13.2. The van der Waals surface area contributed by atoms with E-state index >= 15 is 0 Å². The molecule has 1 unspecified atom stereocenters. The molecule has 152 valence electrons. The van der Waals surface area contributed by atoms with Gasteiger partial charge in [0.05, 0.1) is 11.9 Å². The molecule has 2 aromatic rings. The van der Waals surface area contributed by atoms with Crippen LogP contribution in [0.4, 0.5) is 5.69 Å². The lowest BCUT2D eigenvalue weighted by Gasteiger charge is -2.30. The molecule has 0 radical (unpaired) electrons. The zero-order valence-electron chi connectivity index (χ0n) is 16.5. The molecule has 0 bridgehead atoms. The number of sulfonamides is 1. The predicted molar refractivity (Wildman–Crippen MR) is 115 cm³/mol. The van der Waals surface area contributed by atoms with Crippen molar-refractivity contribution in [3.63, 3.8) is 0 Å². The second kappa shape index (κ2) is 9.94. The number of rotatable bonds is 9. The van der Waals surface area contributed by atoms with Crippen LogP contribution >= 0.6 is 11.6 Å².